The van der Waals surface area contributed by atoms with Crippen LogP contribution < -0.4 is 11.1 Å². The Hall–Kier alpha value is -1.54. The molecule has 1 aromatic rings. The zero-order valence-electron chi connectivity index (χ0n) is 10.5. The fourth-order valence-corrected chi connectivity index (χ4v) is 2.73. The Morgan fingerprint density at radius 2 is 1.95 bits per heavy atom. The van der Waals surface area contributed by atoms with Gasteiger partial charge in [-0.25, -0.2) is 8.42 Å². The van der Waals surface area contributed by atoms with Crippen LogP contribution in [-0.2, 0) is 14.6 Å². The fraction of sp³-hybridized carbons (Fsp3) is 0.417. The Bertz CT molecular complexity index is 627. The molecule has 0 heterocycles. The zero-order chi connectivity index (χ0) is 15.0. The van der Waals surface area contributed by atoms with Crippen LogP contribution in [0.2, 0.25) is 0 Å². The lowest BCUT2D eigenvalue weighted by atomic mass is 10.1. The molecule has 0 unspecified atom stereocenters. The fourth-order valence-electron chi connectivity index (χ4n) is 1.84. The number of hydrogen-bond acceptors (Lipinski definition) is 4. The van der Waals surface area contributed by atoms with E-state index in [2.05, 4.69) is 5.32 Å². The lowest BCUT2D eigenvalue weighted by Crippen LogP contribution is -2.31. The Labute approximate surface area is 115 Å². The maximum Gasteiger partial charge on any atom is 0.341 e. The van der Waals surface area contributed by atoms with Crippen LogP contribution in [0.4, 0.5) is 14.5 Å². The van der Waals surface area contributed by atoms with Crippen LogP contribution in [0.25, 0.3) is 0 Å². The van der Waals surface area contributed by atoms with Crippen molar-refractivity contribution in [3.05, 3.63) is 24.3 Å². The molecule has 1 aliphatic rings. The second-order valence-corrected chi connectivity index (χ2v) is 6.63. The van der Waals surface area contributed by atoms with Crippen molar-refractivity contribution in [2.75, 3.05) is 11.9 Å². The van der Waals surface area contributed by atoms with Gasteiger partial charge in [-0.05, 0) is 25.0 Å². The number of benzene rings is 1. The minimum atomic E-state index is -4.76. The summed E-state index contributed by atoms with van der Waals surface area (Å²) in [6.45, 7) is 0.141. The third-order valence-corrected chi connectivity index (χ3v) is 4.84. The number of rotatable bonds is 5. The summed E-state index contributed by atoms with van der Waals surface area (Å²) in [6, 6.07) is 5.10. The van der Waals surface area contributed by atoms with Gasteiger partial charge in [0.05, 0.1) is 16.0 Å². The summed E-state index contributed by atoms with van der Waals surface area (Å²) >= 11 is 0. The molecule has 0 spiro atoms. The van der Waals surface area contributed by atoms with Gasteiger partial charge in [0.25, 0.3) is 0 Å². The number of anilines is 1. The topological polar surface area (TPSA) is 89.3 Å². The lowest BCUT2D eigenvalue weighted by molar-refractivity contribution is -0.120. The highest BCUT2D eigenvalue weighted by molar-refractivity contribution is 7.91. The smallest absolute Gasteiger partial charge is 0.329 e. The predicted molar refractivity (Wildman–Crippen MR) is 69.0 cm³/mol. The molecule has 1 saturated carbocycles. The molecule has 110 valence electrons. The number of amides is 1. The molecule has 1 aromatic carbocycles. The van der Waals surface area contributed by atoms with Gasteiger partial charge >= 0.3 is 5.76 Å². The Morgan fingerprint density at radius 1 is 1.35 bits per heavy atom. The Kier molecular flexibility index (Phi) is 3.79. The van der Waals surface area contributed by atoms with Gasteiger partial charge in [-0.15, -0.1) is 0 Å². The predicted octanol–water partition coefficient (Wildman–Crippen LogP) is 1.36. The summed E-state index contributed by atoms with van der Waals surface area (Å²) in [4.78, 5) is 11.4. The number of alkyl halides is 2. The van der Waals surface area contributed by atoms with Crippen LogP contribution in [0.15, 0.2) is 29.2 Å². The summed E-state index contributed by atoms with van der Waals surface area (Å²) in [5.74, 6) is -3.97. The molecule has 0 aliphatic heterocycles. The number of carbonyl (C=O) groups excluding carboxylic acids is 1. The highest BCUT2D eigenvalue weighted by Crippen LogP contribution is 2.45. The number of nitrogens with one attached hydrogen (secondary N) is 1. The molecule has 8 heteroatoms. The average molecular weight is 304 g/mol. The highest BCUT2D eigenvalue weighted by Gasteiger charge is 2.48. The summed E-state index contributed by atoms with van der Waals surface area (Å²) in [5, 5.41) is 2.39. The molecule has 0 aromatic heterocycles. The number of para-hydroxylation sites is 1. The zero-order valence-corrected chi connectivity index (χ0v) is 11.3. The number of carbonyl (C=O) groups is 1. The molecule has 5 nitrogen and oxygen atoms in total. The van der Waals surface area contributed by atoms with Gasteiger partial charge in [-0.2, -0.15) is 8.78 Å². The first kappa shape index (κ1) is 14.9. The van der Waals surface area contributed by atoms with Gasteiger partial charge in [-0.3, -0.25) is 4.79 Å². The van der Waals surface area contributed by atoms with Crippen LogP contribution in [0.3, 0.4) is 0 Å². The van der Waals surface area contributed by atoms with Gasteiger partial charge in [0.2, 0.25) is 15.7 Å². The Balaban J connectivity index is 2.32. The van der Waals surface area contributed by atoms with Gasteiger partial charge in [0.1, 0.15) is 0 Å². The molecule has 0 saturated heterocycles. The summed E-state index contributed by atoms with van der Waals surface area (Å²) in [7, 11) is -4.76. The van der Waals surface area contributed by atoms with Gasteiger partial charge in [0.15, 0.2) is 0 Å². The minimum absolute atomic E-state index is 0.141. The van der Waals surface area contributed by atoms with Crippen molar-refractivity contribution in [3.63, 3.8) is 0 Å². The quantitative estimate of drug-likeness (QED) is 0.859. The number of hydrogen-bond donors (Lipinski definition) is 2. The van der Waals surface area contributed by atoms with Crippen LogP contribution in [0.5, 0.6) is 0 Å². The SMILES string of the molecule is NCC1(C(=O)Nc2ccccc2S(=O)(=O)C(F)F)CC1. The summed E-state index contributed by atoms with van der Waals surface area (Å²) in [6.07, 6.45) is 1.22. The van der Waals surface area contributed by atoms with E-state index in [4.69, 9.17) is 5.73 Å². The maximum atomic E-state index is 12.6. The lowest BCUT2D eigenvalue weighted by Gasteiger charge is -2.15. The van der Waals surface area contributed by atoms with Crippen LogP contribution in [-0.4, -0.2) is 26.6 Å². The first-order chi connectivity index (χ1) is 9.33. The third kappa shape index (κ3) is 2.53. The standard InChI is InChI=1S/C12H14F2N2O3S/c13-11(14)20(18,19)9-4-2-1-3-8(9)16-10(17)12(7-15)5-6-12/h1-4,11H,5-7,15H2,(H,16,17). The molecule has 2 rings (SSSR count). The number of halogens is 2. The molecule has 20 heavy (non-hydrogen) atoms. The van der Waals surface area contributed by atoms with E-state index in [-0.39, 0.29) is 12.2 Å². The molecule has 1 aliphatic carbocycles. The highest BCUT2D eigenvalue weighted by atomic mass is 32.2. The second kappa shape index (κ2) is 5.10. The third-order valence-electron chi connectivity index (χ3n) is 3.40. The number of nitrogens with two attached hydrogens (primary N) is 1. The Morgan fingerprint density at radius 3 is 2.45 bits per heavy atom. The van der Waals surface area contributed by atoms with E-state index in [0.717, 1.165) is 6.07 Å². The maximum absolute atomic E-state index is 12.6. The van der Waals surface area contributed by atoms with Gasteiger partial charge in [0, 0.05) is 6.54 Å². The van der Waals surface area contributed by atoms with E-state index in [9.17, 15) is 22.0 Å². The van der Waals surface area contributed by atoms with Gasteiger partial charge in [-0.1, -0.05) is 12.1 Å². The van der Waals surface area contributed by atoms with Crippen LogP contribution >= 0.6 is 0 Å². The molecular formula is C12H14F2N2O3S. The first-order valence-electron chi connectivity index (χ1n) is 5.96. The van der Waals surface area contributed by atoms with Crippen LogP contribution in [0, 0.1) is 5.41 Å². The average Bonchev–Trinajstić information content (AvgIpc) is 3.20. The summed E-state index contributed by atoms with van der Waals surface area (Å²) in [5.41, 5.74) is 4.66. The first-order valence-corrected chi connectivity index (χ1v) is 7.51. The van der Waals surface area contributed by atoms with E-state index in [0.29, 0.717) is 12.8 Å². The minimum Gasteiger partial charge on any atom is -0.329 e. The second-order valence-electron chi connectivity index (χ2n) is 4.74. The molecule has 1 amide bonds. The largest absolute Gasteiger partial charge is 0.341 e. The van der Waals surface area contributed by atoms with Crippen molar-refractivity contribution >= 4 is 21.4 Å². The van der Waals surface area contributed by atoms with Crippen molar-refractivity contribution in [1.82, 2.24) is 0 Å². The van der Waals surface area contributed by atoms with E-state index in [1.54, 1.807) is 0 Å². The number of sulfone groups is 1. The van der Waals surface area contributed by atoms with Crippen molar-refractivity contribution in [1.29, 1.82) is 0 Å². The van der Waals surface area contributed by atoms with Crippen molar-refractivity contribution in [2.24, 2.45) is 11.1 Å². The summed E-state index contributed by atoms with van der Waals surface area (Å²) < 4.78 is 48.3. The molecule has 0 radical (unpaired) electrons. The van der Waals surface area contributed by atoms with Crippen molar-refractivity contribution in [2.45, 2.75) is 23.5 Å². The van der Waals surface area contributed by atoms with Gasteiger partial charge < -0.3 is 11.1 Å². The molecule has 3 N–H and O–H groups in total. The normalized spacial score (nSPS) is 17.0. The van der Waals surface area contributed by atoms with E-state index < -0.39 is 31.8 Å². The monoisotopic (exact) mass is 304 g/mol. The van der Waals surface area contributed by atoms with E-state index >= 15 is 0 Å². The molecule has 0 atom stereocenters. The van der Waals surface area contributed by atoms with E-state index in [1.807, 2.05) is 0 Å². The van der Waals surface area contributed by atoms with Crippen LogP contribution in [0.1, 0.15) is 12.8 Å². The van der Waals surface area contributed by atoms with E-state index in [1.165, 1.54) is 18.2 Å². The van der Waals surface area contributed by atoms with Crippen molar-refractivity contribution in [3.8, 4) is 0 Å². The molecular weight excluding hydrogens is 290 g/mol. The van der Waals surface area contributed by atoms with Crippen molar-refractivity contribution < 1.29 is 22.0 Å². The molecule has 1 fully saturated rings. The molecule has 0 bridgehead atoms.